The molecule has 12 nitrogen and oxygen atoms in total. The van der Waals surface area contributed by atoms with Gasteiger partial charge in [-0.3, -0.25) is 0 Å². The van der Waals surface area contributed by atoms with E-state index in [-0.39, 0.29) is 35.9 Å². The van der Waals surface area contributed by atoms with Crippen molar-refractivity contribution in [3.8, 4) is 0 Å². The van der Waals surface area contributed by atoms with Crippen LogP contribution < -0.4 is 0 Å². The van der Waals surface area contributed by atoms with E-state index in [4.69, 9.17) is 33.5 Å². The normalized spacial score (nSPS) is 20.3. The Morgan fingerprint density at radius 3 is 1.34 bits per heavy atom. The van der Waals surface area contributed by atoms with E-state index < -0.39 is 41.4 Å². The standard InChI is InChI=1S/C20H24O10.C3H4O2/c1-7-11(15-19(3,4)29-17(23)27-15)25-13(21)9-10-14(22)26-12(8-2)16-20(5,6)30-18(24)28-16;1-2-3(4)5/h9-10H,7-8H2,1-6H3;2H,1H2,(H,4,5)/b10-9+,15-11?,16-12?;. The predicted molar refractivity (Wildman–Crippen MR) is 117 cm³/mol. The third-order valence-corrected chi connectivity index (χ3v) is 4.27. The van der Waals surface area contributed by atoms with Gasteiger partial charge < -0.3 is 33.5 Å². The summed E-state index contributed by atoms with van der Waals surface area (Å²) in [6.45, 7) is 12.7. The molecule has 0 aromatic carbocycles. The van der Waals surface area contributed by atoms with E-state index in [0.29, 0.717) is 0 Å². The SMILES string of the molecule is C=CC(=O)O.CCC(OC(=O)/C=C/C(=O)OC(CC)=C1OC(=O)OC1(C)C)=C1OC(=O)OC1(C)C. The van der Waals surface area contributed by atoms with Crippen LogP contribution in [-0.2, 0) is 42.8 Å². The van der Waals surface area contributed by atoms with E-state index in [1.807, 2.05) is 0 Å². The minimum absolute atomic E-state index is 0.0857. The van der Waals surface area contributed by atoms with E-state index in [0.717, 1.165) is 18.2 Å². The van der Waals surface area contributed by atoms with Crippen molar-refractivity contribution >= 4 is 30.2 Å². The predicted octanol–water partition coefficient (Wildman–Crippen LogP) is 4.02. The van der Waals surface area contributed by atoms with Gasteiger partial charge in [-0.05, 0) is 27.7 Å². The van der Waals surface area contributed by atoms with Crippen molar-refractivity contribution in [1.29, 1.82) is 0 Å². The lowest BCUT2D eigenvalue weighted by atomic mass is 10.1. The van der Waals surface area contributed by atoms with E-state index >= 15 is 0 Å². The number of carboxylic acid groups (broad SMARTS) is 1. The molecule has 2 aliphatic rings. The largest absolute Gasteiger partial charge is 0.514 e. The molecule has 0 aromatic heterocycles. The third kappa shape index (κ3) is 8.32. The first kappa shape index (κ1) is 28.9. The fourth-order valence-corrected chi connectivity index (χ4v) is 2.75. The number of rotatable bonds is 7. The van der Waals surface area contributed by atoms with Crippen LogP contribution in [0.25, 0.3) is 0 Å². The molecule has 2 rings (SSSR count). The Bertz CT molecular complexity index is 924. The lowest BCUT2D eigenvalue weighted by molar-refractivity contribution is -0.137. The van der Waals surface area contributed by atoms with Crippen molar-refractivity contribution in [2.75, 3.05) is 0 Å². The van der Waals surface area contributed by atoms with Gasteiger partial charge in [0.25, 0.3) is 0 Å². The fourth-order valence-electron chi connectivity index (χ4n) is 2.75. The minimum atomic E-state index is -1.08. The van der Waals surface area contributed by atoms with Crippen LogP contribution in [0.2, 0.25) is 0 Å². The molecule has 1 N–H and O–H groups in total. The first-order chi connectivity index (χ1) is 16.2. The van der Waals surface area contributed by atoms with Crippen LogP contribution >= 0.6 is 0 Å². The molecule has 0 saturated carbocycles. The second-order valence-electron chi connectivity index (χ2n) is 7.86. The van der Waals surface area contributed by atoms with Crippen LogP contribution in [0.1, 0.15) is 54.4 Å². The number of hydrogen-bond acceptors (Lipinski definition) is 11. The highest BCUT2D eigenvalue weighted by atomic mass is 16.8. The van der Waals surface area contributed by atoms with Crippen LogP contribution in [-0.4, -0.2) is 46.5 Å². The molecular weight excluding hydrogens is 468 g/mol. The topological polar surface area (TPSA) is 161 Å². The fraction of sp³-hybridized carbons (Fsp3) is 0.435. The van der Waals surface area contributed by atoms with E-state index in [1.54, 1.807) is 41.5 Å². The summed E-state index contributed by atoms with van der Waals surface area (Å²) >= 11 is 0. The molecule has 12 heteroatoms. The maximum absolute atomic E-state index is 12.1. The van der Waals surface area contributed by atoms with Crippen LogP contribution in [0, 0.1) is 0 Å². The number of allylic oxidation sites excluding steroid dienone is 2. The van der Waals surface area contributed by atoms with Crippen molar-refractivity contribution in [2.24, 2.45) is 0 Å². The highest BCUT2D eigenvalue weighted by Gasteiger charge is 2.43. The number of carbonyl (C=O) groups excluding carboxylic acids is 4. The quantitative estimate of drug-likeness (QED) is 0.234. The minimum Gasteiger partial charge on any atom is -0.478 e. The zero-order chi connectivity index (χ0) is 27.0. The van der Waals surface area contributed by atoms with Crippen LogP contribution in [0.3, 0.4) is 0 Å². The highest BCUT2D eigenvalue weighted by Crippen LogP contribution is 2.34. The molecule has 0 aromatic rings. The Hall–Kier alpha value is -4.09. The summed E-state index contributed by atoms with van der Waals surface area (Å²) in [4.78, 5) is 56.1. The van der Waals surface area contributed by atoms with Gasteiger partial charge in [0.2, 0.25) is 0 Å². The molecule has 0 spiro atoms. The summed E-state index contributed by atoms with van der Waals surface area (Å²) in [5, 5.41) is 7.60. The lowest BCUT2D eigenvalue weighted by Gasteiger charge is -2.17. The lowest BCUT2D eigenvalue weighted by Crippen LogP contribution is -2.23. The van der Waals surface area contributed by atoms with Gasteiger partial charge >= 0.3 is 30.2 Å². The van der Waals surface area contributed by atoms with Gasteiger partial charge in [-0.1, -0.05) is 20.4 Å². The average molecular weight is 496 g/mol. The van der Waals surface area contributed by atoms with Crippen molar-refractivity contribution in [1.82, 2.24) is 0 Å². The molecule has 0 unspecified atom stereocenters. The highest BCUT2D eigenvalue weighted by molar-refractivity contribution is 5.92. The number of carbonyl (C=O) groups is 5. The van der Waals surface area contributed by atoms with Crippen molar-refractivity contribution in [3.05, 3.63) is 47.8 Å². The zero-order valence-corrected chi connectivity index (χ0v) is 20.3. The second-order valence-corrected chi connectivity index (χ2v) is 7.86. The van der Waals surface area contributed by atoms with Gasteiger partial charge in [-0.25, -0.2) is 24.0 Å². The first-order valence-corrected chi connectivity index (χ1v) is 10.4. The van der Waals surface area contributed by atoms with Crippen molar-refractivity contribution in [3.63, 3.8) is 0 Å². The number of ether oxygens (including phenoxy) is 6. The third-order valence-electron chi connectivity index (χ3n) is 4.27. The summed E-state index contributed by atoms with van der Waals surface area (Å²) in [7, 11) is 0. The Morgan fingerprint density at radius 1 is 0.829 bits per heavy atom. The molecule has 0 atom stereocenters. The smallest absolute Gasteiger partial charge is 0.478 e. The Kier molecular flexibility index (Phi) is 9.81. The van der Waals surface area contributed by atoms with E-state index in [2.05, 4.69) is 6.58 Å². The zero-order valence-electron chi connectivity index (χ0n) is 20.3. The van der Waals surface area contributed by atoms with Crippen LogP contribution in [0.15, 0.2) is 47.8 Å². The van der Waals surface area contributed by atoms with E-state index in [9.17, 15) is 24.0 Å². The van der Waals surface area contributed by atoms with Gasteiger partial charge in [0.15, 0.2) is 34.2 Å². The summed E-state index contributed by atoms with van der Waals surface area (Å²) in [6.07, 6.45) is 1.26. The second kappa shape index (κ2) is 11.9. The van der Waals surface area contributed by atoms with Gasteiger partial charge in [-0.15, -0.1) is 0 Å². The Balaban J connectivity index is 0.00000111. The molecule has 35 heavy (non-hydrogen) atoms. The Labute approximate surface area is 201 Å². The van der Waals surface area contributed by atoms with E-state index in [1.165, 1.54) is 0 Å². The molecule has 2 fully saturated rings. The first-order valence-electron chi connectivity index (χ1n) is 10.4. The number of carboxylic acids is 1. The summed E-state index contributed by atoms with van der Waals surface area (Å²) < 4.78 is 30.3. The van der Waals surface area contributed by atoms with Crippen molar-refractivity contribution < 1.29 is 57.5 Å². The molecule has 0 amide bonds. The molecule has 0 radical (unpaired) electrons. The molecule has 2 heterocycles. The van der Waals surface area contributed by atoms with Gasteiger partial charge in [0, 0.05) is 31.1 Å². The van der Waals surface area contributed by atoms with Crippen molar-refractivity contribution in [2.45, 2.75) is 65.6 Å². The molecule has 2 aliphatic heterocycles. The van der Waals surface area contributed by atoms with Gasteiger partial charge in [0.05, 0.1) is 0 Å². The average Bonchev–Trinajstić information content (AvgIpc) is 3.20. The molecule has 192 valence electrons. The number of aliphatic carboxylic acids is 1. The number of hydrogen-bond donors (Lipinski definition) is 1. The van der Waals surface area contributed by atoms with Gasteiger partial charge in [-0.2, -0.15) is 0 Å². The number of esters is 2. The Morgan fingerprint density at radius 2 is 1.14 bits per heavy atom. The maximum Gasteiger partial charge on any atom is 0.514 e. The van der Waals surface area contributed by atoms with Crippen LogP contribution in [0.4, 0.5) is 9.59 Å². The summed E-state index contributed by atoms with van der Waals surface area (Å²) in [5.74, 6) is -2.37. The molecule has 0 aliphatic carbocycles. The summed E-state index contributed by atoms with van der Waals surface area (Å²) in [5.41, 5.74) is -2.16. The van der Waals surface area contributed by atoms with Gasteiger partial charge in [0.1, 0.15) is 0 Å². The molecular formula is C23H28O12. The monoisotopic (exact) mass is 496 g/mol. The summed E-state index contributed by atoms with van der Waals surface area (Å²) in [6, 6.07) is 0. The maximum atomic E-state index is 12.1. The van der Waals surface area contributed by atoms with Crippen LogP contribution in [0.5, 0.6) is 0 Å². The number of cyclic esters (lactones) is 4. The molecule has 2 saturated heterocycles. The molecule has 0 bridgehead atoms.